The number of hydrogen-bond donors (Lipinski definition) is 2. The maximum absolute atomic E-state index is 13.7. The molecule has 1 heterocycles. The number of rotatable bonds is 2. The van der Waals surface area contributed by atoms with Crippen molar-refractivity contribution in [3.63, 3.8) is 0 Å². The zero-order valence-electron chi connectivity index (χ0n) is 12.3. The van der Waals surface area contributed by atoms with Gasteiger partial charge in [0, 0.05) is 24.3 Å². The molecule has 118 valence electrons. The van der Waals surface area contributed by atoms with Gasteiger partial charge in [-0.2, -0.15) is 4.31 Å². The van der Waals surface area contributed by atoms with Crippen LogP contribution in [-0.2, 0) is 10.0 Å². The second-order valence-electron chi connectivity index (χ2n) is 5.87. The third kappa shape index (κ3) is 3.36. The predicted octanol–water partition coefficient (Wildman–Crippen LogP) is 1.64. The summed E-state index contributed by atoms with van der Waals surface area (Å²) >= 11 is 0. The van der Waals surface area contributed by atoms with Crippen LogP contribution in [0, 0.1) is 12.7 Å². The van der Waals surface area contributed by atoms with Gasteiger partial charge in [-0.15, -0.1) is 0 Å². The number of benzene rings is 1. The molecule has 0 spiro atoms. The summed E-state index contributed by atoms with van der Waals surface area (Å²) in [6.07, 6.45) is 1.47. The van der Waals surface area contributed by atoms with Crippen molar-refractivity contribution in [3.8, 4) is 0 Å². The molecular formula is C14H21FN2O3S. The fraction of sp³-hybridized carbons (Fsp3) is 0.571. The number of nitrogens with two attached hydrogens (primary N) is 1. The van der Waals surface area contributed by atoms with Crippen LogP contribution in [0.4, 0.5) is 10.1 Å². The van der Waals surface area contributed by atoms with E-state index in [0.717, 1.165) is 6.07 Å². The Bertz CT molecular complexity index is 621. The van der Waals surface area contributed by atoms with Crippen molar-refractivity contribution >= 4 is 15.7 Å². The van der Waals surface area contributed by atoms with Gasteiger partial charge in [0.1, 0.15) is 5.82 Å². The van der Waals surface area contributed by atoms with Crippen LogP contribution in [0.5, 0.6) is 0 Å². The third-order valence-corrected chi connectivity index (χ3v) is 5.89. The minimum atomic E-state index is -3.80. The lowest BCUT2D eigenvalue weighted by Gasteiger charge is -2.22. The number of nitrogens with zero attached hydrogens (tertiary/aromatic N) is 1. The number of halogens is 1. The van der Waals surface area contributed by atoms with Gasteiger partial charge in [0.15, 0.2) is 0 Å². The highest BCUT2D eigenvalue weighted by Gasteiger charge is 2.32. The molecule has 1 unspecified atom stereocenters. The van der Waals surface area contributed by atoms with Crippen LogP contribution in [0.15, 0.2) is 17.0 Å². The lowest BCUT2D eigenvalue weighted by Crippen LogP contribution is -2.33. The van der Waals surface area contributed by atoms with E-state index in [1.807, 2.05) is 0 Å². The van der Waals surface area contributed by atoms with E-state index in [1.165, 1.54) is 17.3 Å². The molecule has 7 heteroatoms. The van der Waals surface area contributed by atoms with E-state index in [2.05, 4.69) is 0 Å². The average Bonchev–Trinajstić information content (AvgIpc) is 2.56. The van der Waals surface area contributed by atoms with Crippen LogP contribution in [-0.4, -0.2) is 36.5 Å². The van der Waals surface area contributed by atoms with Crippen molar-refractivity contribution in [2.24, 2.45) is 0 Å². The van der Waals surface area contributed by atoms with Crippen molar-refractivity contribution in [1.82, 2.24) is 4.31 Å². The zero-order chi connectivity index (χ0) is 15.8. The van der Waals surface area contributed by atoms with Gasteiger partial charge in [-0.05, 0) is 45.2 Å². The highest BCUT2D eigenvalue weighted by atomic mass is 32.2. The summed E-state index contributed by atoms with van der Waals surface area (Å²) in [5.74, 6) is -0.629. The number of nitrogen functional groups attached to an aromatic ring is 1. The Morgan fingerprint density at radius 1 is 1.33 bits per heavy atom. The molecule has 0 aromatic heterocycles. The molecule has 0 bridgehead atoms. The van der Waals surface area contributed by atoms with Gasteiger partial charge < -0.3 is 10.8 Å². The van der Waals surface area contributed by atoms with E-state index in [1.54, 1.807) is 6.92 Å². The first-order valence-electron chi connectivity index (χ1n) is 6.92. The molecule has 1 aliphatic heterocycles. The quantitative estimate of drug-likeness (QED) is 0.813. The standard InChI is InChI=1S/C14H21FN2O3S/c1-10-12(15)8-11(9-13(10)16)21(19,20)17-6-3-4-14(2,18)5-7-17/h8-9,18H,3-7,16H2,1-2H3. The summed E-state index contributed by atoms with van der Waals surface area (Å²) in [7, 11) is -3.80. The molecule has 2 rings (SSSR count). The van der Waals surface area contributed by atoms with E-state index in [4.69, 9.17) is 5.73 Å². The van der Waals surface area contributed by atoms with E-state index in [9.17, 15) is 17.9 Å². The first-order valence-corrected chi connectivity index (χ1v) is 8.36. The molecule has 5 nitrogen and oxygen atoms in total. The van der Waals surface area contributed by atoms with E-state index in [0.29, 0.717) is 25.8 Å². The van der Waals surface area contributed by atoms with Crippen LogP contribution in [0.25, 0.3) is 0 Å². The minimum Gasteiger partial charge on any atom is -0.398 e. The molecule has 1 saturated heterocycles. The zero-order valence-corrected chi connectivity index (χ0v) is 13.1. The van der Waals surface area contributed by atoms with Crippen LogP contribution in [0.3, 0.4) is 0 Å². The fourth-order valence-electron chi connectivity index (χ4n) is 2.45. The van der Waals surface area contributed by atoms with Gasteiger partial charge in [-0.1, -0.05) is 0 Å². The van der Waals surface area contributed by atoms with Gasteiger partial charge >= 0.3 is 0 Å². The van der Waals surface area contributed by atoms with Crippen LogP contribution in [0.2, 0.25) is 0 Å². The van der Waals surface area contributed by atoms with E-state index in [-0.39, 0.29) is 22.7 Å². The molecule has 0 amide bonds. The lowest BCUT2D eigenvalue weighted by molar-refractivity contribution is 0.0465. The van der Waals surface area contributed by atoms with Crippen molar-refractivity contribution in [2.45, 2.75) is 43.6 Å². The van der Waals surface area contributed by atoms with Crippen molar-refractivity contribution in [2.75, 3.05) is 18.8 Å². The molecule has 1 aromatic rings. The van der Waals surface area contributed by atoms with Gasteiger partial charge in [0.25, 0.3) is 0 Å². The fourth-order valence-corrected chi connectivity index (χ4v) is 3.98. The first-order chi connectivity index (χ1) is 9.63. The Hall–Kier alpha value is -1.18. The summed E-state index contributed by atoms with van der Waals surface area (Å²) in [5, 5.41) is 10.0. The highest BCUT2D eigenvalue weighted by molar-refractivity contribution is 7.89. The molecule has 3 N–H and O–H groups in total. The number of anilines is 1. The maximum atomic E-state index is 13.7. The Balaban J connectivity index is 2.34. The summed E-state index contributed by atoms with van der Waals surface area (Å²) in [6.45, 7) is 3.73. The second-order valence-corrected chi connectivity index (χ2v) is 7.81. The van der Waals surface area contributed by atoms with Gasteiger partial charge in [-0.25, -0.2) is 12.8 Å². The SMILES string of the molecule is Cc1c(N)cc(S(=O)(=O)N2CCCC(C)(O)CC2)cc1F. The smallest absolute Gasteiger partial charge is 0.243 e. The van der Waals surface area contributed by atoms with Gasteiger partial charge in [0.2, 0.25) is 10.0 Å². The molecule has 1 fully saturated rings. The second kappa shape index (κ2) is 5.55. The van der Waals surface area contributed by atoms with Crippen LogP contribution in [0.1, 0.15) is 31.7 Å². The summed E-state index contributed by atoms with van der Waals surface area (Å²) < 4.78 is 40.2. The molecule has 1 aromatic carbocycles. The van der Waals surface area contributed by atoms with Crippen molar-refractivity contribution in [1.29, 1.82) is 0 Å². The van der Waals surface area contributed by atoms with Crippen LogP contribution >= 0.6 is 0 Å². The highest BCUT2D eigenvalue weighted by Crippen LogP contribution is 2.28. The maximum Gasteiger partial charge on any atom is 0.243 e. The Labute approximate surface area is 124 Å². The Kier molecular flexibility index (Phi) is 4.28. The topological polar surface area (TPSA) is 83.6 Å². The summed E-state index contributed by atoms with van der Waals surface area (Å²) in [5.41, 5.74) is 5.16. The van der Waals surface area contributed by atoms with Crippen molar-refractivity contribution < 1.29 is 17.9 Å². The lowest BCUT2D eigenvalue weighted by atomic mass is 9.98. The molecule has 1 aliphatic rings. The molecular weight excluding hydrogens is 295 g/mol. The average molecular weight is 316 g/mol. The minimum absolute atomic E-state index is 0.121. The molecule has 0 saturated carbocycles. The summed E-state index contributed by atoms with van der Waals surface area (Å²) in [6, 6.07) is 2.29. The van der Waals surface area contributed by atoms with Gasteiger partial charge in [-0.3, -0.25) is 0 Å². The normalized spacial score (nSPS) is 24.8. The largest absolute Gasteiger partial charge is 0.398 e. The molecule has 0 radical (unpaired) electrons. The number of hydrogen-bond acceptors (Lipinski definition) is 4. The summed E-state index contributed by atoms with van der Waals surface area (Å²) in [4.78, 5) is -0.135. The third-order valence-electron chi connectivity index (χ3n) is 4.02. The molecule has 21 heavy (non-hydrogen) atoms. The first kappa shape index (κ1) is 16.2. The molecule has 0 aliphatic carbocycles. The van der Waals surface area contributed by atoms with Crippen LogP contribution < -0.4 is 5.73 Å². The van der Waals surface area contributed by atoms with Crippen molar-refractivity contribution in [3.05, 3.63) is 23.5 Å². The predicted molar refractivity (Wildman–Crippen MR) is 78.8 cm³/mol. The number of sulfonamides is 1. The van der Waals surface area contributed by atoms with E-state index >= 15 is 0 Å². The Morgan fingerprint density at radius 2 is 2.00 bits per heavy atom. The van der Waals surface area contributed by atoms with Gasteiger partial charge in [0.05, 0.1) is 10.5 Å². The monoisotopic (exact) mass is 316 g/mol. The van der Waals surface area contributed by atoms with E-state index < -0.39 is 21.4 Å². The molecule has 1 atom stereocenters. The Morgan fingerprint density at radius 3 is 2.62 bits per heavy atom. The number of aliphatic hydroxyl groups is 1.